The molecule has 1 saturated carbocycles. The Balaban J connectivity index is 1.78. The van der Waals surface area contributed by atoms with Crippen LogP contribution in [-0.2, 0) is 0 Å². The Kier molecular flexibility index (Phi) is 4.03. The molecule has 2 heterocycles. The van der Waals surface area contributed by atoms with Crippen LogP contribution < -0.4 is 5.32 Å². The van der Waals surface area contributed by atoms with Gasteiger partial charge in [-0.15, -0.1) is 0 Å². The highest BCUT2D eigenvalue weighted by Gasteiger charge is 2.39. The monoisotopic (exact) mass is 290 g/mol. The molecule has 2 aromatic rings. The highest BCUT2D eigenvalue weighted by Crippen LogP contribution is 2.41. The molecule has 2 aromatic heterocycles. The molecule has 1 aliphatic rings. The van der Waals surface area contributed by atoms with E-state index in [1.807, 2.05) is 0 Å². The van der Waals surface area contributed by atoms with Crippen LogP contribution in [0.15, 0.2) is 36.8 Å². The average molecular weight is 290 g/mol. The largest absolute Gasteiger partial charge is 0.354 e. The Labute approximate surface area is 121 Å². The summed E-state index contributed by atoms with van der Waals surface area (Å²) in [6, 6.07) is 4.61. The molecule has 3 atom stereocenters. The van der Waals surface area contributed by atoms with Gasteiger partial charge in [0.05, 0.1) is 5.69 Å². The molecule has 0 saturated heterocycles. The summed E-state index contributed by atoms with van der Waals surface area (Å²) in [5.74, 6) is -0.463. The number of aromatic nitrogens is 3. The van der Waals surface area contributed by atoms with Gasteiger partial charge in [0.15, 0.2) is 0 Å². The Morgan fingerprint density at radius 2 is 1.90 bits per heavy atom. The van der Waals surface area contributed by atoms with E-state index in [1.165, 1.54) is 18.3 Å². The van der Waals surface area contributed by atoms with Gasteiger partial charge in [0.25, 0.3) is 0 Å². The zero-order valence-corrected chi connectivity index (χ0v) is 11.4. The summed E-state index contributed by atoms with van der Waals surface area (Å²) >= 11 is 0. The normalized spacial score (nSPS) is 22.4. The Morgan fingerprint density at radius 3 is 2.52 bits per heavy atom. The van der Waals surface area contributed by atoms with Crippen LogP contribution in [0.5, 0.6) is 0 Å². The second kappa shape index (κ2) is 6.11. The molecule has 4 nitrogen and oxygen atoms in total. The third kappa shape index (κ3) is 2.99. The van der Waals surface area contributed by atoms with E-state index in [-0.39, 0.29) is 11.8 Å². The summed E-state index contributed by atoms with van der Waals surface area (Å²) in [5.41, 5.74) is 0.313. The minimum atomic E-state index is -0.894. The summed E-state index contributed by atoms with van der Waals surface area (Å²) in [4.78, 5) is 12.2. The first-order valence-corrected chi connectivity index (χ1v) is 7.01. The van der Waals surface area contributed by atoms with Crippen LogP contribution in [0.4, 0.5) is 14.7 Å². The van der Waals surface area contributed by atoms with E-state index in [9.17, 15) is 8.78 Å². The number of rotatable bonds is 5. The maximum atomic E-state index is 14.0. The minimum Gasteiger partial charge on any atom is -0.354 e. The molecule has 0 bridgehead atoms. The van der Waals surface area contributed by atoms with E-state index < -0.39 is 12.0 Å². The first-order valence-electron chi connectivity index (χ1n) is 7.01. The molecule has 0 amide bonds. The fourth-order valence-corrected chi connectivity index (χ4v) is 2.65. The number of anilines is 1. The Bertz CT molecular complexity index is 593. The molecule has 1 N–H and O–H groups in total. The van der Waals surface area contributed by atoms with E-state index >= 15 is 0 Å². The van der Waals surface area contributed by atoms with Gasteiger partial charge >= 0.3 is 0 Å². The van der Waals surface area contributed by atoms with Crippen LogP contribution in [0.25, 0.3) is 0 Å². The summed E-state index contributed by atoms with van der Waals surface area (Å²) < 4.78 is 27.7. The van der Waals surface area contributed by atoms with Gasteiger partial charge in [0.1, 0.15) is 12.0 Å². The highest BCUT2D eigenvalue weighted by molar-refractivity contribution is 5.26. The summed E-state index contributed by atoms with van der Waals surface area (Å²) in [6.45, 7) is 0.364. The van der Waals surface area contributed by atoms with Gasteiger partial charge in [-0.1, -0.05) is 0 Å². The maximum Gasteiger partial charge on any atom is 0.222 e. The van der Waals surface area contributed by atoms with Crippen molar-refractivity contribution < 1.29 is 8.78 Å². The summed E-state index contributed by atoms with van der Waals surface area (Å²) in [5, 5.41) is 3.04. The van der Waals surface area contributed by atoms with Crippen molar-refractivity contribution in [3.63, 3.8) is 0 Å². The number of hydrogen-bond donors (Lipinski definition) is 1. The van der Waals surface area contributed by atoms with Gasteiger partial charge in [-0.2, -0.15) is 0 Å². The van der Waals surface area contributed by atoms with Crippen molar-refractivity contribution in [1.29, 1.82) is 0 Å². The van der Waals surface area contributed by atoms with Crippen LogP contribution >= 0.6 is 0 Å². The van der Waals surface area contributed by atoms with Crippen LogP contribution in [0.2, 0.25) is 0 Å². The van der Waals surface area contributed by atoms with Crippen molar-refractivity contribution in [2.45, 2.75) is 24.9 Å². The maximum absolute atomic E-state index is 14.0. The minimum absolute atomic E-state index is 0.203. The number of halogens is 2. The molecule has 0 aliphatic heterocycles. The third-order valence-electron chi connectivity index (χ3n) is 3.94. The molecule has 6 heteroatoms. The summed E-state index contributed by atoms with van der Waals surface area (Å²) in [6.07, 6.45) is 5.17. The van der Waals surface area contributed by atoms with Crippen molar-refractivity contribution in [3.8, 4) is 0 Å². The molecule has 1 fully saturated rings. The van der Waals surface area contributed by atoms with Gasteiger partial charge in [-0.05, 0) is 31.0 Å². The Hall–Kier alpha value is -2.11. The molecule has 3 rings (SSSR count). The van der Waals surface area contributed by atoms with Crippen molar-refractivity contribution in [2.75, 3.05) is 11.9 Å². The smallest absolute Gasteiger partial charge is 0.222 e. The Morgan fingerprint density at radius 1 is 1.14 bits per heavy atom. The second-order valence-corrected chi connectivity index (χ2v) is 5.19. The SMILES string of the molecule is Fc1cccnc1[C@@H](CNc1ncccn1)C1CC[C@@H]1F. The fourth-order valence-electron chi connectivity index (χ4n) is 2.65. The van der Waals surface area contributed by atoms with Crippen molar-refractivity contribution in [1.82, 2.24) is 15.0 Å². The first-order chi connectivity index (χ1) is 10.3. The van der Waals surface area contributed by atoms with E-state index in [2.05, 4.69) is 20.3 Å². The zero-order chi connectivity index (χ0) is 14.7. The van der Waals surface area contributed by atoms with Gasteiger partial charge < -0.3 is 5.32 Å². The fraction of sp³-hybridized carbons (Fsp3) is 0.400. The number of pyridine rings is 1. The van der Waals surface area contributed by atoms with Crippen LogP contribution in [0.1, 0.15) is 24.5 Å². The third-order valence-corrected chi connectivity index (χ3v) is 3.94. The topological polar surface area (TPSA) is 50.7 Å². The molecule has 0 radical (unpaired) electrons. The zero-order valence-electron chi connectivity index (χ0n) is 11.4. The van der Waals surface area contributed by atoms with Crippen LogP contribution in [-0.4, -0.2) is 27.7 Å². The van der Waals surface area contributed by atoms with Crippen LogP contribution in [0.3, 0.4) is 0 Å². The van der Waals surface area contributed by atoms with E-state index in [1.54, 1.807) is 18.5 Å². The van der Waals surface area contributed by atoms with Gasteiger partial charge in [-0.3, -0.25) is 4.98 Å². The standard InChI is InChI=1S/C15H16F2N4/c16-12-5-4-10(12)11(14-13(17)3-1-6-18-14)9-21-15-19-7-2-8-20-15/h1-3,6-8,10-12H,4-5,9H2,(H,19,20,21)/t10?,11-,12-/m0/s1. The average Bonchev–Trinajstić information content (AvgIpc) is 2.51. The van der Waals surface area contributed by atoms with E-state index in [0.29, 0.717) is 24.6 Å². The molecular formula is C15H16F2N4. The summed E-state index contributed by atoms with van der Waals surface area (Å²) in [7, 11) is 0. The molecule has 0 aromatic carbocycles. The van der Waals surface area contributed by atoms with Crippen molar-refractivity contribution in [2.24, 2.45) is 5.92 Å². The highest BCUT2D eigenvalue weighted by atomic mass is 19.1. The number of nitrogens with one attached hydrogen (secondary N) is 1. The predicted molar refractivity (Wildman–Crippen MR) is 75.1 cm³/mol. The molecule has 1 unspecified atom stereocenters. The van der Waals surface area contributed by atoms with Crippen LogP contribution in [0, 0.1) is 11.7 Å². The molecule has 1 aliphatic carbocycles. The lowest BCUT2D eigenvalue weighted by Crippen LogP contribution is -2.37. The van der Waals surface area contributed by atoms with Gasteiger partial charge in [0.2, 0.25) is 5.95 Å². The number of nitrogens with zero attached hydrogens (tertiary/aromatic N) is 3. The van der Waals surface area contributed by atoms with Gasteiger partial charge in [-0.25, -0.2) is 18.7 Å². The van der Waals surface area contributed by atoms with Crippen molar-refractivity contribution >= 4 is 5.95 Å². The molecule has 110 valence electrons. The number of alkyl halides is 1. The predicted octanol–water partition coefficient (Wildman–Crippen LogP) is 2.95. The quantitative estimate of drug-likeness (QED) is 0.920. The van der Waals surface area contributed by atoms with E-state index in [4.69, 9.17) is 0 Å². The molecule has 21 heavy (non-hydrogen) atoms. The lowest BCUT2D eigenvalue weighted by molar-refractivity contribution is 0.0894. The molecule has 0 spiro atoms. The van der Waals surface area contributed by atoms with Gasteiger partial charge in [0, 0.05) is 37.0 Å². The lowest BCUT2D eigenvalue weighted by atomic mass is 9.72. The first kappa shape index (κ1) is 13.9. The lowest BCUT2D eigenvalue weighted by Gasteiger charge is -2.37. The van der Waals surface area contributed by atoms with E-state index in [0.717, 1.165) is 6.42 Å². The second-order valence-electron chi connectivity index (χ2n) is 5.19. The van der Waals surface area contributed by atoms with Crippen molar-refractivity contribution in [3.05, 3.63) is 48.3 Å². The molecular weight excluding hydrogens is 274 g/mol. The number of hydrogen-bond acceptors (Lipinski definition) is 4.